The van der Waals surface area contributed by atoms with E-state index in [1.165, 1.54) is 0 Å². The van der Waals surface area contributed by atoms with Crippen LogP contribution in [0.5, 0.6) is 0 Å². The van der Waals surface area contributed by atoms with Gasteiger partial charge in [-0.15, -0.1) is 0 Å². The van der Waals surface area contributed by atoms with Crippen molar-refractivity contribution in [3.8, 4) is 0 Å². The van der Waals surface area contributed by atoms with Crippen LogP contribution in [0.25, 0.3) is 0 Å². The van der Waals surface area contributed by atoms with E-state index in [0.29, 0.717) is 19.5 Å². The minimum Gasteiger partial charge on any atom is -0.459 e. The van der Waals surface area contributed by atoms with Crippen LogP contribution in [-0.4, -0.2) is 54.0 Å². The molecular weight excluding hydrogens is 322 g/mol. The normalized spacial score (nSPS) is 27.3. The van der Waals surface area contributed by atoms with Crippen LogP contribution in [0.1, 0.15) is 65.7 Å². The summed E-state index contributed by atoms with van der Waals surface area (Å²) in [6.45, 7) is 7.06. The van der Waals surface area contributed by atoms with Crippen LogP contribution in [0.3, 0.4) is 0 Å². The second-order valence-corrected chi connectivity index (χ2v) is 7.11. The van der Waals surface area contributed by atoms with Gasteiger partial charge in [0.15, 0.2) is 0 Å². The zero-order chi connectivity index (χ0) is 18.4. The van der Waals surface area contributed by atoms with Crippen LogP contribution >= 0.6 is 0 Å². The first-order valence-electron chi connectivity index (χ1n) is 9.60. The third kappa shape index (κ3) is 5.53. The van der Waals surface area contributed by atoms with Crippen molar-refractivity contribution in [1.82, 2.24) is 4.90 Å². The fourth-order valence-electron chi connectivity index (χ4n) is 3.64. The highest BCUT2D eigenvalue weighted by molar-refractivity contribution is 5.83. The topological polar surface area (TPSA) is 72.9 Å². The van der Waals surface area contributed by atoms with Crippen molar-refractivity contribution >= 4 is 17.7 Å². The summed E-state index contributed by atoms with van der Waals surface area (Å²) >= 11 is 0. The molecule has 6 nitrogen and oxygen atoms in total. The molecule has 2 aliphatic heterocycles. The van der Waals surface area contributed by atoms with Crippen molar-refractivity contribution in [3.63, 3.8) is 0 Å². The summed E-state index contributed by atoms with van der Waals surface area (Å²) in [7, 11) is 0. The Bertz CT molecular complexity index is 484. The Morgan fingerprint density at radius 3 is 2.36 bits per heavy atom. The third-order valence-corrected chi connectivity index (χ3v) is 5.36. The summed E-state index contributed by atoms with van der Waals surface area (Å²) in [5.41, 5.74) is 0. The maximum Gasteiger partial charge on any atom is 0.306 e. The highest BCUT2D eigenvalue weighted by Gasteiger charge is 2.34. The number of piperidine rings is 1. The first-order valence-corrected chi connectivity index (χ1v) is 9.60. The number of carbonyl (C=O) groups excluding carboxylic acids is 3. The number of rotatable bonds is 7. The van der Waals surface area contributed by atoms with E-state index in [1.54, 1.807) is 4.90 Å². The maximum atomic E-state index is 12.3. The minimum atomic E-state index is -0.332. The van der Waals surface area contributed by atoms with Crippen LogP contribution in [0.2, 0.25) is 0 Å². The SMILES string of the molecule is CCC(=O)C1CCN(C(=O)CCC(=O)O[C@H]2C[C@@H](CC)O[C@H]2C)CC1. The molecule has 2 rings (SSSR count). The number of esters is 1. The highest BCUT2D eigenvalue weighted by Crippen LogP contribution is 2.25. The summed E-state index contributed by atoms with van der Waals surface area (Å²) in [6, 6.07) is 0. The molecule has 0 aromatic rings. The number of amides is 1. The van der Waals surface area contributed by atoms with Crippen molar-refractivity contribution in [3.05, 3.63) is 0 Å². The van der Waals surface area contributed by atoms with Gasteiger partial charge in [0.1, 0.15) is 11.9 Å². The van der Waals surface area contributed by atoms with Crippen LogP contribution in [-0.2, 0) is 23.9 Å². The molecule has 0 bridgehead atoms. The number of likely N-dealkylation sites (tertiary alicyclic amines) is 1. The Morgan fingerprint density at radius 1 is 1.12 bits per heavy atom. The number of ketones is 1. The predicted octanol–water partition coefficient (Wildman–Crippen LogP) is 2.48. The van der Waals surface area contributed by atoms with Crippen LogP contribution in [0, 0.1) is 5.92 Å². The number of hydrogen-bond donors (Lipinski definition) is 0. The van der Waals surface area contributed by atoms with Gasteiger partial charge >= 0.3 is 5.97 Å². The van der Waals surface area contributed by atoms with Crippen molar-refractivity contribution < 1.29 is 23.9 Å². The Balaban J connectivity index is 1.68. The number of nitrogens with zero attached hydrogens (tertiary/aromatic N) is 1. The largest absolute Gasteiger partial charge is 0.459 e. The lowest BCUT2D eigenvalue weighted by atomic mass is 9.91. The predicted molar refractivity (Wildman–Crippen MR) is 93.0 cm³/mol. The number of carbonyl (C=O) groups is 3. The smallest absolute Gasteiger partial charge is 0.306 e. The molecule has 3 atom stereocenters. The van der Waals surface area contributed by atoms with E-state index >= 15 is 0 Å². The number of ether oxygens (including phenoxy) is 2. The maximum absolute atomic E-state index is 12.3. The summed E-state index contributed by atoms with van der Waals surface area (Å²) in [4.78, 5) is 37.8. The van der Waals surface area contributed by atoms with Gasteiger partial charge < -0.3 is 14.4 Å². The molecule has 0 radical (unpaired) electrons. The average Bonchev–Trinajstić information content (AvgIpc) is 2.98. The number of hydrogen-bond acceptors (Lipinski definition) is 5. The van der Waals surface area contributed by atoms with E-state index in [4.69, 9.17) is 9.47 Å². The summed E-state index contributed by atoms with van der Waals surface area (Å²) in [6.07, 6.45) is 3.81. The lowest BCUT2D eigenvalue weighted by molar-refractivity contribution is -0.153. The molecule has 6 heteroatoms. The van der Waals surface area contributed by atoms with Crippen LogP contribution in [0.15, 0.2) is 0 Å². The van der Waals surface area contributed by atoms with Crippen LogP contribution in [0.4, 0.5) is 0 Å². The van der Waals surface area contributed by atoms with Gasteiger partial charge in [-0.25, -0.2) is 0 Å². The Hall–Kier alpha value is -1.43. The Labute approximate surface area is 150 Å². The average molecular weight is 353 g/mol. The second-order valence-electron chi connectivity index (χ2n) is 7.11. The molecule has 0 saturated carbocycles. The van der Waals surface area contributed by atoms with Gasteiger partial charge in [-0.1, -0.05) is 13.8 Å². The number of Topliss-reactive ketones (excluding diaryl/α,β-unsaturated/α-hetero) is 1. The lowest BCUT2D eigenvalue weighted by Crippen LogP contribution is -2.40. The molecular formula is C19H31NO5. The molecule has 0 aromatic carbocycles. The van der Waals surface area contributed by atoms with Crippen molar-refractivity contribution in [2.24, 2.45) is 5.92 Å². The molecule has 142 valence electrons. The molecule has 0 aliphatic carbocycles. The molecule has 2 aliphatic rings. The van der Waals surface area contributed by atoms with Crippen molar-refractivity contribution in [2.75, 3.05) is 13.1 Å². The summed E-state index contributed by atoms with van der Waals surface area (Å²) in [5, 5.41) is 0. The fourth-order valence-corrected chi connectivity index (χ4v) is 3.64. The third-order valence-electron chi connectivity index (χ3n) is 5.36. The van der Waals surface area contributed by atoms with Gasteiger partial charge in [-0.2, -0.15) is 0 Å². The second kappa shape index (κ2) is 9.32. The fraction of sp³-hybridized carbons (Fsp3) is 0.842. The minimum absolute atomic E-state index is 0.0264. The molecule has 1 amide bonds. The van der Waals surface area contributed by atoms with E-state index < -0.39 is 0 Å². The van der Waals surface area contributed by atoms with E-state index in [9.17, 15) is 14.4 Å². The summed E-state index contributed by atoms with van der Waals surface area (Å²) in [5.74, 6) is 0.0199. The molecule has 0 N–H and O–H groups in total. The van der Waals surface area contributed by atoms with E-state index in [1.807, 2.05) is 13.8 Å². The Morgan fingerprint density at radius 2 is 1.80 bits per heavy atom. The molecule has 2 fully saturated rings. The zero-order valence-corrected chi connectivity index (χ0v) is 15.7. The lowest BCUT2D eigenvalue weighted by Gasteiger charge is -2.31. The Kier molecular flexibility index (Phi) is 7.41. The van der Waals surface area contributed by atoms with Crippen molar-refractivity contribution in [2.45, 2.75) is 84.0 Å². The molecule has 0 spiro atoms. The zero-order valence-electron chi connectivity index (χ0n) is 15.7. The summed E-state index contributed by atoms with van der Waals surface area (Å²) < 4.78 is 11.2. The molecule has 0 aromatic heterocycles. The molecule has 0 unspecified atom stereocenters. The first kappa shape index (κ1) is 19.9. The van der Waals surface area contributed by atoms with E-state index in [2.05, 4.69) is 6.92 Å². The van der Waals surface area contributed by atoms with Gasteiger partial charge in [0.05, 0.1) is 18.6 Å². The van der Waals surface area contributed by atoms with Gasteiger partial charge in [0, 0.05) is 38.3 Å². The quantitative estimate of drug-likeness (QED) is 0.658. The van der Waals surface area contributed by atoms with Gasteiger partial charge in [0.25, 0.3) is 0 Å². The van der Waals surface area contributed by atoms with Crippen molar-refractivity contribution in [1.29, 1.82) is 0 Å². The van der Waals surface area contributed by atoms with Gasteiger partial charge in [-0.3, -0.25) is 14.4 Å². The van der Waals surface area contributed by atoms with Gasteiger partial charge in [0.2, 0.25) is 5.91 Å². The molecule has 25 heavy (non-hydrogen) atoms. The standard InChI is InChI=1S/C19H31NO5/c1-4-15-12-17(13(3)24-15)25-19(23)7-6-18(22)20-10-8-14(9-11-20)16(21)5-2/h13-15,17H,4-12H2,1-3H3/t13-,15+,17-/m0/s1. The van der Waals surface area contributed by atoms with Gasteiger partial charge in [-0.05, 0) is 26.2 Å². The molecule has 2 saturated heterocycles. The highest BCUT2D eigenvalue weighted by atomic mass is 16.6. The molecule has 2 heterocycles. The van der Waals surface area contributed by atoms with E-state index in [-0.39, 0.29) is 54.7 Å². The monoisotopic (exact) mass is 353 g/mol. The first-order chi connectivity index (χ1) is 11.9. The van der Waals surface area contributed by atoms with Crippen LogP contribution < -0.4 is 0 Å². The van der Waals surface area contributed by atoms with E-state index in [0.717, 1.165) is 25.7 Å².